The first-order valence-corrected chi connectivity index (χ1v) is 10.1. The zero-order valence-electron chi connectivity index (χ0n) is 14.8. The molecule has 9 heteroatoms. The van der Waals surface area contributed by atoms with Crippen LogP contribution in [0.3, 0.4) is 0 Å². The Morgan fingerprint density at radius 1 is 1.22 bits per heavy atom. The van der Waals surface area contributed by atoms with Crippen LogP contribution in [0.25, 0.3) is 0 Å². The standard InChI is InChI=1S/C18H19ClFNO5S/c1-25-10-9-21(18(22)15-5-3-4-6-16(15)20)12-13-11-14(19)7-8-17(13)26-27(2,23)24/h3-8,11H,9-10,12H2,1-2H3. The SMILES string of the molecule is COCCN(Cc1cc(Cl)ccc1OS(C)(=O)=O)C(=O)c1ccccc1F. The molecule has 2 aromatic rings. The molecule has 0 saturated heterocycles. The second kappa shape index (κ2) is 9.16. The van der Waals surface area contributed by atoms with Gasteiger partial charge in [0.1, 0.15) is 11.6 Å². The van der Waals surface area contributed by atoms with Gasteiger partial charge in [0.25, 0.3) is 5.91 Å². The monoisotopic (exact) mass is 415 g/mol. The van der Waals surface area contributed by atoms with Gasteiger partial charge >= 0.3 is 10.1 Å². The van der Waals surface area contributed by atoms with Crippen molar-refractivity contribution in [3.63, 3.8) is 0 Å². The van der Waals surface area contributed by atoms with Crippen LogP contribution in [-0.2, 0) is 21.4 Å². The molecule has 0 saturated carbocycles. The molecule has 6 nitrogen and oxygen atoms in total. The quantitative estimate of drug-likeness (QED) is 0.619. The van der Waals surface area contributed by atoms with E-state index >= 15 is 0 Å². The topological polar surface area (TPSA) is 72.9 Å². The lowest BCUT2D eigenvalue weighted by Crippen LogP contribution is -2.34. The highest BCUT2D eigenvalue weighted by Gasteiger charge is 2.21. The predicted molar refractivity (Wildman–Crippen MR) is 99.9 cm³/mol. The third-order valence-corrected chi connectivity index (χ3v) is 4.30. The molecular formula is C18H19ClFNO5S. The van der Waals surface area contributed by atoms with Crippen molar-refractivity contribution in [2.24, 2.45) is 0 Å². The highest BCUT2D eigenvalue weighted by Crippen LogP contribution is 2.26. The fraction of sp³-hybridized carbons (Fsp3) is 0.278. The summed E-state index contributed by atoms with van der Waals surface area (Å²) in [5.74, 6) is -1.16. The van der Waals surface area contributed by atoms with Crippen LogP contribution in [0, 0.1) is 5.82 Å². The van der Waals surface area contributed by atoms with Crippen LogP contribution in [-0.4, -0.2) is 45.7 Å². The lowest BCUT2D eigenvalue weighted by atomic mass is 10.1. The molecule has 0 bridgehead atoms. The van der Waals surface area contributed by atoms with Gasteiger partial charge < -0.3 is 13.8 Å². The number of carbonyl (C=O) groups excluding carboxylic acids is 1. The fourth-order valence-electron chi connectivity index (χ4n) is 2.38. The molecule has 0 unspecified atom stereocenters. The average molecular weight is 416 g/mol. The van der Waals surface area contributed by atoms with Gasteiger partial charge in [-0.1, -0.05) is 23.7 Å². The summed E-state index contributed by atoms with van der Waals surface area (Å²) in [5, 5.41) is 0.343. The minimum atomic E-state index is -3.78. The molecule has 0 atom stereocenters. The van der Waals surface area contributed by atoms with Crippen LogP contribution in [0.5, 0.6) is 5.75 Å². The minimum Gasteiger partial charge on any atom is -0.383 e. The van der Waals surface area contributed by atoms with Gasteiger partial charge in [0.05, 0.1) is 18.4 Å². The minimum absolute atomic E-state index is 0.0397. The van der Waals surface area contributed by atoms with Gasteiger partial charge in [0, 0.05) is 30.8 Å². The maximum Gasteiger partial charge on any atom is 0.306 e. The third-order valence-electron chi connectivity index (χ3n) is 3.58. The zero-order chi connectivity index (χ0) is 20.0. The molecule has 0 fully saturated rings. The molecule has 0 aromatic heterocycles. The Labute approximate surface area is 162 Å². The molecule has 0 aliphatic heterocycles. The van der Waals surface area contributed by atoms with Gasteiger partial charge in [-0.15, -0.1) is 0 Å². The maximum absolute atomic E-state index is 14.0. The summed E-state index contributed by atoms with van der Waals surface area (Å²) in [6.07, 6.45) is 0.915. The van der Waals surface area contributed by atoms with E-state index in [0.29, 0.717) is 10.6 Å². The van der Waals surface area contributed by atoms with Crippen molar-refractivity contribution >= 4 is 27.6 Å². The molecular weight excluding hydrogens is 397 g/mol. The molecule has 0 aliphatic carbocycles. The van der Waals surface area contributed by atoms with Gasteiger partial charge in [0.15, 0.2) is 0 Å². The van der Waals surface area contributed by atoms with E-state index in [1.54, 1.807) is 6.07 Å². The lowest BCUT2D eigenvalue weighted by molar-refractivity contribution is 0.0675. The Kier molecular flexibility index (Phi) is 7.18. The van der Waals surface area contributed by atoms with E-state index in [-0.39, 0.29) is 31.0 Å². The van der Waals surface area contributed by atoms with Gasteiger partial charge in [-0.2, -0.15) is 8.42 Å². The Balaban J connectivity index is 2.37. The number of nitrogens with zero attached hydrogens (tertiary/aromatic N) is 1. The molecule has 2 rings (SSSR count). The number of ether oxygens (including phenoxy) is 1. The van der Waals surface area contributed by atoms with Crippen LogP contribution in [0.15, 0.2) is 42.5 Å². The normalized spacial score (nSPS) is 11.3. The van der Waals surface area contributed by atoms with E-state index in [1.807, 2.05) is 0 Å². The van der Waals surface area contributed by atoms with E-state index in [1.165, 1.54) is 48.4 Å². The van der Waals surface area contributed by atoms with Crippen LogP contribution in [0.4, 0.5) is 4.39 Å². The first-order chi connectivity index (χ1) is 12.7. The summed E-state index contributed by atoms with van der Waals surface area (Å²) in [7, 11) is -2.30. The number of carbonyl (C=O) groups is 1. The molecule has 2 aromatic carbocycles. The van der Waals surface area contributed by atoms with Crippen molar-refractivity contribution in [1.82, 2.24) is 4.90 Å². The first-order valence-electron chi connectivity index (χ1n) is 7.92. The second-order valence-corrected chi connectivity index (χ2v) is 7.75. The van der Waals surface area contributed by atoms with Crippen LogP contribution >= 0.6 is 11.6 Å². The smallest absolute Gasteiger partial charge is 0.306 e. The third kappa shape index (κ3) is 6.20. The van der Waals surface area contributed by atoms with Crippen molar-refractivity contribution in [2.75, 3.05) is 26.5 Å². The Morgan fingerprint density at radius 3 is 2.56 bits per heavy atom. The number of methoxy groups -OCH3 is 1. The summed E-state index contributed by atoms with van der Waals surface area (Å²) in [6, 6.07) is 9.99. The van der Waals surface area contributed by atoms with E-state index in [0.717, 1.165) is 6.26 Å². The van der Waals surface area contributed by atoms with Crippen molar-refractivity contribution in [2.45, 2.75) is 6.54 Å². The van der Waals surface area contributed by atoms with Gasteiger partial charge in [-0.3, -0.25) is 4.79 Å². The summed E-state index contributed by atoms with van der Waals surface area (Å²) in [6.45, 7) is 0.333. The number of hydrogen-bond donors (Lipinski definition) is 0. The number of amides is 1. The maximum atomic E-state index is 14.0. The Morgan fingerprint density at radius 2 is 1.93 bits per heavy atom. The molecule has 0 radical (unpaired) electrons. The first kappa shape index (κ1) is 21.1. The van der Waals surface area contributed by atoms with Crippen LogP contribution < -0.4 is 4.18 Å². The molecule has 0 spiro atoms. The van der Waals surface area contributed by atoms with Gasteiger partial charge in [-0.05, 0) is 30.3 Å². The summed E-state index contributed by atoms with van der Waals surface area (Å²) in [4.78, 5) is 14.1. The molecule has 0 N–H and O–H groups in total. The summed E-state index contributed by atoms with van der Waals surface area (Å²) >= 11 is 6.00. The van der Waals surface area contributed by atoms with E-state index in [9.17, 15) is 17.6 Å². The lowest BCUT2D eigenvalue weighted by Gasteiger charge is -2.24. The van der Waals surface area contributed by atoms with Crippen molar-refractivity contribution in [3.05, 3.63) is 64.4 Å². The Hall–Kier alpha value is -2.16. The van der Waals surface area contributed by atoms with E-state index in [2.05, 4.69) is 0 Å². The summed E-state index contributed by atoms with van der Waals surface area (Å²) in [5.41, 5.74) is 0.273. The number of halogens is 2. The summed E-state index contributed by atoms with van der Waals surface area (Å²) < 4.78 is 47.0. The molecule has 1 amide bonds. The van der Waals surface area contributed by atoms with E-state index in [4.69, 9.17) is 20.5 Å². The van der Waals surface area contributed by atoms with E-state index < -0.39 is 21.8 Å². The van der Waals surface area contributed by atoms with Crippen LogP contribution in [0.2, 0.25) is 5.02 Å². The molecule has 146 valence electrons. The fourth-order valence-corrected chi connectivity index (χ4v) is 3.06. The predicted octanol–water partition coefficient (Wildman–Crippen LogP) is 3.11. The van der Waals surface area contributed by atoms with Crippen molar-refractivity contribution in [3.8, 4) is 5.75 Å². The number of rotatable bonds is 8. The largest absolute Gasteiger partial charge is 0.383 e. The van der Waals surface area contributed by atoms with Crippen molar-refractivity contribution in [1.29, 1.82) is 0 Å². The number of benzene rings is 2. The average Bonchev–Trinajstić information content (AvgIpc) is 2.59. The Bertz CT molecular complexity index is 920. The molecule has 0 heterocycles. The zero-order valence-corrected chi connectivity index (χ0v) is 16.4. The van der Waals surface area contributed by atoms with Crippen LogP contribution in [0.1, 0.15) is 15.9 Å². The van der Waals surface area contributed by atoms with Gasteiger partial charge in [-0.25, -0.2) is 4.39 Å². The highest BCUT2D eigenvalue weighted by molar-refractivity contribution is 7.86. The second-order valence-electron chi connectivity index (χ2n) is 5.74. The van der Waals surface area contributed by atoms with Crippen molar-refractivity contribution < 1.29 is 26.5 Å². The number of hydrogen-bond acceptors (Lipinski definition) is 5. The highest BCUT2D eigenvalue weighted by atomic mass is 35.5. The molecule has 0 aliphatic rings. The molecule has 27 heavy (non-hydrogen) atoms. The van der Waals surface area contributed by atoms with Gasteiger partial charge in [0.2, 0.25) is 0 Å².